The van der Waals surface area contributed by atoms with Gasteiger partial charge in [-0.15, -0.1) is 0 Å². The molecule has 1 heterocycles. The Morgan fingerprint density at radius 3 is 2.56 bits per heavy atom. The van der Waals surface area contributed by atoms with Crippen molar-refractivity contribution >= 4 is 11.6 Å². The molecular weight excluding hydrogens is 224 g/mol. The van der Waals surface area contributed by atoms with Crippen LogP contribution in [0.1, 0.15) is 11.5 Å². The molecule has 1 aromatic carbocycles. The van der Waals surface area contributed by atoms with Crippen molar-refractivity contribution in [2.45, 2.75) is 13.5 Å². The first kappa shape index (κ1) is 11.0. The van der Waals surface area contributed by atoms with E-state index in [1.807, 2.05) is 49.0 Å². The normalized spacial score (nSPS) is 10.4. The third-order valence-electron chi connectivity index (χ3n) is 2.52. The van der Waals surface area contributed by atoms with Crippen LogP contribution in [-0.4, -0.2) is 9.55 Å². The van der Waals surface area contributed by atoms with E-state index in [0.29, 0.717) is 11.6 Å². The van der Waals surface area contributed by atoms with Crippen LogP contribution in [0.4, 0.5) is 0 Å². The van der Waals surface area contributed by atoms with Crippen LogP contribution in [0, 0.1) is 6.92 Å². The second-order valence-corrected chi connectivity index (χ2v) is 4.03. The Balaban J connectivity index is 2.02. The molecule has 3 nitrogen and oxygen atoms in total. The summed E-state index contributed by atoms with van der Waals surface area (Å²) in [5.41, 5.74) is 1.05. The Bertz CT molecular complexity index is 476. The molecule has 84 valence electrons. The first-order valence-corrected chi connectivity index (χ1v) is 5.40. The molecule has 0 atom stereocenters. The first-order valence-electron chi connectivity index (χ1n) is 5.02. The van der Waals surface area contributed by atoms with Gasteiger partial charge in [-0.05, 0) is 31.2 Å². The van der Waals surface area contributed by atoms with E-state index in [4.69, 9.17) is 16.3 Å². The SMILES string of the molecule is Cc1ncc(COc2ccc(Cl)cc2)n1C. The van der Waals surface area contributed by atoms with E-state index in [9.17, 15) is 0 Å². The highest BCUT2D eigenvalue weighted by Crippen LogP contribution is 2.16. The van der Waals surface area contributed by atoms with Crippen molar-refractivity contribution in [1.82, 2.24) is 9.55 Å². The predicted molar refractivity (Wildman–Crippen MR) is 63.7 cm³/mol. The number of ether oxygens (including phenoxy) is 1. The van der Waals surface area contributed by atoms with Gasteiger partial charge in [0.15, 0.2) is 0 Å². The zero-order valence-electron chi connectivity index (χ0n) is 9.27. The lowest BCUT2D eigenvalue weighted by atomic mass is 10.3. The van der Waals surface area contributed by atoms with Crippen molar-refractivity contribution < 1.29 is 4.74 Å². The smallest absolute Gasteiger partial charge is 0.130 e. The molecule has 0 aliphatic rings. The predicted octanol–water partition coefficient (Wildman–Crippen LogP) is 2.96. The third-order valence-corrected chi connectivity index (χ3v) is 2.77. The maximum Gasteiger partial charge on any atom is 0.130 e. The number of aryl methyl sites for hydroxylation is 1. The molecule has 2 aromatic rings. The van der Waals surface area contributed by atoms with Crippen molar-refractivity contribution in [3.05, 3.63) is 47.0 Å². The van der Waals surface area contributed by atoms with Crippen LogP contribution in [-0.2, 0) is 13.7 Å². The second-order valence-electron chi connectivity index (χ2n) is 3.60. The van der Waals surface area contributed by atoms with Gasteiger partial charge in [-0.3, -0.25) is 0 Å². The molecule has 0 bridgehead atoms. The van der Waals surface area contributed by atoms with E-state index in [1.165, 1.54) is 0 Å². The lowest BCUT2D eigenvalue weighted by Crippen LogP contribution is -2.02. The third kappa shape index (κ3) is 2.36. The number of halogens is 1. The number of nitrogens with zero attached hydrogens (tertiary/aromatic N) is 2. The van der Waals surface area contributed by atoms with Gasteiger partial charge in [0.05, 0.1) is 11.9 Å². The highest BCUT2D eigenvalue weighted by Gasteiger charge is 2.03. The summed E-state index contributed by atoms with van der Waals surface area (Å²) in [6, 6.07) is 7.33. The average Bonchev–Trinajstić information content (AvgIpc) is 2.60. The lowest BCUT2D eigenvalue weighted by molar-refractivity contribution is 0.297. The summed E-state index contributed by atoms with van der Waals surface area (Å²) in [4.78, 5) is 4.20. The van der Waals surface area contributed by atoms with Gasteiger partial charge in [0.25, 0.3) is 0 Å². The average molecular weight is 237 g/mol. The zero-order chi connectivity index (χ0) is 11.5. The van der Waals surface area contributed by atoms with Gasteiger partial charge < -0.3 is 9.30 Å². The number of hydrogen-bond acceptors (Lipinski definition) is 2. The maximum atomic E-state index is 5.79. The van der Waals surface area contributed by atoms with Gasteiger partial charge in [0, 0.05) is 12.1 Å². The molecule has 0 aliphatic carbocycles. The van der Waals surface area contributed by atoms with E-state index < -0.39 is 0 Å². The summed E-state index contributed by atoms with van der Waals surface area (Å²) in [5.74, 6) is 1.79. The van der Waals surface area contributed by atoms with Crippen molar-refractivity contribution in [3.63, 3.8) is 0 Å². The number of rotatable bonds is 3. The molecular formula is C12H13ClN2O. The number of aromatic nitrogens is 2. The Morgan fingerprint density at radius 1 is 1.31 bits per heavy atom. The molecule has 0 unspecified atom stereocenters. The summed E-state index contributed by atoms with van der Waals surface area (Å²) in [6.07, 6.45) is 1.82. The largest absolute Gasteiger partial charge is 0.487 e. The minimum Gasteiger partial charge on any atom is -0.487 e. The van der Waals surface area contributed by atoms with Crippen molar-refractivity contribution in [2.24, 2.45) is 7.05 Å². The van der Waals surface area contributed by atoms with Gasteiger partial charge in [-0.1, -0.05) is 11.6 Å². The fraction of sp³-hybridized carbons (Fsp3) is 0.250. The summed E-state index contributed by atoms with van der Waals surface area (Å²) in [5, 5.41) is 0.712. The molecule has 0 N–H and O–H groups in total. The number of hydrogen-bond donors (Lipinski definition) is 0. The van der Waals surface area contributed by atoms with E-state index in [-0.39, 0.29) is 0 Å². The van der Waals surface area contributed by atoms with Crippen LogP contribution in [0.5, 0.6) is 5.75 Å². The summed E-state index contributed by atoms with van der Waals surface area (Å²) >= 11 is 5.79. The van der Waals surface area contributed by atoms with Gasteiger partial charge in [0.1, 0.15) is 18.2 Å². The maximum absolute atomic E-state index is 5.79. The molecule has 0 amide bonds. The van der Waals surface area contributed by atoms with Gasteiger partial charge in [-0.25, -0.2) is 4.98 Å². The van der Waals surface area contributed by atoms with Crippen LogP contribution < -0.4 is 4.74 Å². The van der Waals surface area contributed by atoms with E-state index >= 15 is 0 Å². The number of benzene rings is 1. The van der Waals surface area contributed by atoms with Crippen LogP contribution in [0.2, 0.25) is 5.02 Å². The minimum absolute atomic E-state index is 0.513. The van der Waals surface area contributed by atoms with E-state index in [2.05, 4.69) is 4.98 Å². The number of imidazole rings is 1. The Morgan fingerprint density at radius 2 is 2.00 bits per heavy atom. The first-order chi connectivity index (χ1) is 7.66. The van der Waals surface area contributed by atoms with Crippen LogP contribution in [0.25, 0.3) is 0 Å². The van der Waals surface area contributed by atoms with Crippen LogP contribution in [0.15, 0.2) is 30.5 Å². The zero-order valence-corrected chi connectivity index (χ0v) is 10.0. The molecule has 0 spiro atoms. The summed E-state index contributed by atoms with van der Waals surface area (Å²) < 4.78 is 7.63. The quantitative estimate of drug-likeness (QED) is 0.819. The fourth-order valence-electron chi connectivity index (χ4n) is 1.37. The van der Waals surface area contributed by atoms with Crippen LogP contribution in [0.3, 0.4) is 0 Å². The van der Waals surface area contributed by atoms with E-state index in [1.54, 1.807) is 0 Å². The molecule has 0 radical (unpaired) electrons. The van der Waals surface area contributed by atoms with Crippen LogP contribution >= 0.6 is 11.6 Å². The van der Waals surface area contributed by atoms with Crippen molar-refractivity contribution in [3.8, 4) is 5.75 Å². The molecule has 4 heteroatoms. The van der Waals surface area contributed by atoms with E-state index in [0.717, 1.165) is 17.3 Å². The fourth-order valence-corrected chi connectivity index (χ4v) is 1.50. The molecule has 16 heavy (non-hydrogen) atoms. The highest BCUT2D eigenvalue weighted by atomic mass is 35.5. The van der Waals surface area contributed by atoms with Crippen molar-refractivity contribution in [1.29, 1.82) is 0 Å². The topological polar surface area (TPSA) is 27.1 Å². The standard InChI is InChI=1S/C12H13ClN2O/c1-9-14-7-11(15(9)2)8-16-12-5-3-10(13)4-6-12/h3-7H,8H2,1-2H3. The molecule has 1 aromatic heterocycles. The summed E-state index contributed by atoms with van der Waals surface area (Å²) in [7, 11) is 1.98. The monoisotopic (exact) mass is 236 g/mol. The Hall–Kier alpha value is -1.48. The molecule has 0 fully saturated rings. The molecule has 2 rings (SSSR count). The van der Waals surface area contributed by atoms with Gasteiger partial charge in [0.2, 0.25) is 0 Å². The Labute approximate surface area is 99.6 Å². The second kappa shape index (κ2) is 4.58. The van der Waals surface area contributed by atoms with Gasteiger partial charge in [-0.2, -0.15) is 0 Å². The molecule has 0 saturated heterocycles. The van der Waals surface area contributed by atoms with Gasteiger partial charge >= 0.3 is 0 Å². The lowest BCUT2D eigenvalue weighted by Gasteiger charge is -2.07. The summed E-state index contributed by atoms with van der Waals surface area (Å²) in [6.45, 7) is 2.48. The highest BCUT2D eigenvalue weighted by molar-refractivity contribution is 6.30. The van der Waals surface area contributed by atoms with Crippen molar-refractivity contribution in [2.75, 3.05) is 0 Å². The minimum atomic E-state index is 0.513. The molecule has 0 aliphatic heterocycles. The molecule has 0 saturated carbocycles. The Kier molecular flexibility index (Phi) is 3.15.